The standard InChI is InChI=1S/C27H27ClN2O3S/c1-27(2,3)18-8-13-21-22(14-18)34-25(29-15-16-4-6-17(7-5-16)26(32)33)23(21)24(31)30-20-11-9-19(28)10-12-20/h4-7,9-12,15,18H,8,13-14H2,1-3H3,(H,30,31)(H,32,33)/t18-/m1/s1. The lowest BCUT2D eigenvalue weighted by Gasteiger charge is -2.33. The summed E-state index contributed by atoms with van der Waals surface area (Å²) < 4.78 is 0. The van der Waals surface area contributed by atoms with Crippen molar-refractivity contribution in [1.82, 2.24) is 0 Å². The van der Waals surface area contributed by atoms with Gasteiger partial charge in [-0.3, -0.25) is 4.79 Å². The fraction of sp³-hybridized carbons (Fsp3) is 0.296. The lowest BCUT2D eigenvalue weighted by molar-refractivity contribution is 0.0696. The number of carbonyl (C=O) groups excluding carboxylic acids is 1. The number of thiophene rings is 1. The van der Waals surface area contributed by atoms with Crippen LogP contribution in [-0.2, 0) is 12.8 Å². The Morgan fingerprint density at radius 2 is 1.79 bits per heavy atom. The van der Waals surface area contributed by atoms with Crippen molar-refractivity contribution in [3.8, 4) is 0 Å². The second kappa shape index (κ2) is 9.72. The van der Waals surface area contributed by atoms with E-state index in [9.17, 15) is 9.59 Å². The number of nitrogens with one attached hydrogen (secondary N) is 1. The van der Waals surface area contributed by atoms with Gasteiger partial charge in [0.05, 0.1) is 11.1 Å². The summed E-state index contributed by atoms with van der Waals surface area (Å²) in [6, 6.07) is 13.6. The van der Waals surface area contributed by atoms with Crippen LogP contribution in [0.4, 0.5) is 10.7 Å². The molecule has 0 fully saturated rings. The van der Waals surface area contributed by atoms with E-state index in [4.69, 9.17) is 16.7 Å². The highest BCUT2D eigenvalue weighted by atomic mass is 35.5. The molecule has 0 spiro atoms. The summed E-state index contributed by atoms with van der Waals surface area (Å²) in [5.41, 5.74) is 3.58. The largest absolute Gasteiger partial charge is 0.478 e. The molecule has 2 N–H and O–H groups in total. The Balaban J connectivity index is 1.68. The average Bonchev–Trinajstić information content (AvgIpc) is 3.16. The van der Waals surface area contributed by atoms with E-state index >= 15 is 0 Å². The number of amides is 1. The zero-order valence-corrected chi connectivity index (χ0v) is 21.0. The minimum atomic E-state index is -0.969. The number of anilines is 1. The Bertz CT molecular complexity index is 1240. The van der Waals surface area contributed by atoms with Crippen LogP contribution >= 0.6 is 22.9 Å². The quantitative estimate of drug-likeness (QED) is 0.366. The Morgan fingerprint density at radius 3 is 2.41 bits per heavy atom. The third-order valence-corrected chi connectivity index (χ3v) is 7.70. The highest BCUT2D eigenvalue weighted by molar-refractivity contribution is 7.16. The molecule has 1 amide bonds. The highest BCUT2D eigenvalue weighted by Crippen LogP contribution is 2.45. The number of fused-ring (bicyclic) bond motifs is 1. The Hall–Kier alpha value is -2.96. The van der Waals surface area contributed by atoms with E-state index < -0.39 is 5.97 Å². The smallest absolute Gasteiger partial charge is 0.335 e. The first kappa shape index (κ1) is 24.2. The van der Waals surface area contributed by atoms with E-state index in [-0.39, 0.29) is 16.9 Å². The molecule has 34 heavy (non-hydrogen) atoms. The molecule has 2 aromatic carbocycles. The number of hydrogen-bond acceptors (Lipinski definition) is 4. The monoisotopic (exact) mass is 494 g/mol. The third kappa shape index (κ3) is 5.40. The molecule has 0 radical (unpaired) electrons. The molecular formula is C27H27ClN2O3S. The molecule has 3 aromatic rings. The van der Waals surface area contributed by atoms with Gasteiger partial charge in [-0.1, -0.05) is 44.5 Å². The molecule has 5 nitrogen and oxygen atoms in total. The number of aromatic carboxylic acids is 1. The molecule has 1 aliphatic carbocycles. The normalized spacial score (nSPS) is 15.8. The predicted octanol–water partition coefficient (Wildman–Crippen LogP) is 7.25. The second-order valence-electron chi connectivity index (χ2n) is 9.64. The van der Waals surface area contributed by atoms with Crippen molar-refractivity contribution in [2.75, 3.05) is 5.32 Å². The van der Waals surface area contributed by atoms with Gasteiger partial charge in [-0.05, 0) is 78.1 Å². The van der Waals surface area contributed by atoms with Crippen molar-refractivity contribution in [1.29, 1.82) is 0 Å². The second-order valence-corrected chi connectivity index (χ2v) is 11.2. The zero-order valence-electron chi connectivity index (χ0n) is 19.4. The lowest BCUT2D eigenvalue weighted by atomic mass is 9.72. The van der Waals surface area contributed by atoms with Crippen LogP contribution < -0.4 is 5.32 Å². The molecule has 1 aromatic heterocycles. The number of hydrogen-bond donors (Lipinski definition) is 2. The molecule has 1 heterocycles. The van der Waals surface area contributed by atoms with Gasteiger partial charge in [0, 0.05) is 21.8 Å². The molecule has 0 aliphatic heterocycles. The number of nitrogens with zero attached hydrogens (tertiary/aromatic N) is 1. The maximum absolute atomic E-state index is 13.4. The molecule has 1 aliphatic rings. The van der Waals surface area contributed by atoms with Crippen molar-refractivity contribution in [2.24, 2.45) is 16.3 Å². The minimum absolute atomic E-state index is 0.178. The first-order valence-corrected chi connectivity index (χ1v) is 12.4. The SMILES string of the molecule is CC(C)(C)[C@@H]1CCc2c(sc(N=Cc3ccc(C(=O)O)cc3)c2C(=O)Nc2ccc(Cl)cc2)C1. The van der Waals surface area contributed by atoms with Gasteiger partial charge < -0.3 is 10.4 Å². The van der Waals surface area contributed by atoms with Gasteiger partial charge in [-0.25, -0.2) is 9.79 Å². The fourth-order valence-corrected chi connectivity index (χ4v) is 5.60. The van der Waals surface area contributed by atoms with Crippen LogP contribution in [-0.4, -0.2) is 23.2 Å². The van der Waals surface area contributed by atoms with E-state index in [0.29, 0.717) is 27.2 Å². The van der Waals surface area contributed by atoms with Gasteiger partial charge in [0.1, 0.15) is 5.00 Å². The lowest BCUT2D eigenvalue weighted by Crippen LogP contribution is -2.27. The number of aliphatic imine (C=N–C) groups is 1. The van der Waals surface area contributed by atoms with E-state index in [1.165, 1.54) is 4.88 Å². The number of rotatable bonds is 5. The van der Waals surface area contributed by atoms with E-state index in [0.717, 1.165) is 30.4 Å². The van der Waals surface area contributed by atoms with E-state index in [2.05, 4.69) is 31.1 Å². The number of carboxylic acids is 1. The van der Waals surface area contributed by atoms with Crippen LogP contribution in [0.3, 0.4) is 0 Å². The molecule has 4 rings (SSSR count). The summed E-state index contributed by atoms with van der Waals surface area (Å²) in [4.78, 5) is 30.4. The number of carboxylic acid groups (broad SMARTS) is 1. The maximum Gasteiger partial charge on any atom is 0.335 e. The van der Waals surface area contributed by atoms with Crippen molar-refractivity contribution in [2.45, 2.75) is 40.0 Å². The summed E-state index contributed by atoms with van der Waals surface area (Å²) in [6.45, 7) is 6.80. The summed E-state index contributed by atoms with van der Waals surface area (Å²) in [6.07, 6.45) is 4.50. The molecule has 1 atom stereocenters. The van der Waals surface area contributed by atoms with Gasteiger partial charge >= 0.3 is 5.97 Å². The molecule has 176 valence electrons. The van der Waals surface area contributed by atoms with Gasteiger partial charge in [0.25, 0.3) is 5.91 Å². The van der Waals surface area contributed by atoms with Gasteiger partial charge in [-0.2, -0.15) is 0 Å². The van der Waals surface area contributed by atoms with Crippen molar-refractivity contribution in [3.63, 3.8) is 0 Å². The van der Waals surface area contributed by atoms with E-state index in [1.807, 2.05) is 0 Å². The summed E-state index contributed by atoms with van der Waals surface area (Å²) >= 11 is 7.56. The van der Waals surface area contributed by atoms with Crippen LogP contribution in [0.25, 0.3) is 0 Å². The Kier molecular flexibility index (Phi) is 6.91. The third-order valence-electron chi connectivity index (χ3n) is 6.29. The zero-order chi connectivity index (χ0) is 24.5. The number of benzene rings is 2. The predicted molar refractivity (Wildman–Crippen MR) is 139 cm³/mol. The minimum Gasteiger partial charge on any atom is -0.478 e. The fourth-order valence-electron chi connectivity index (χ4n) is 4.21. The van der Waals surface area contributed by atoms with Crippen molar-refractivity contribution in [3.05, 3.63) is 80.7 Å². The average molecular weight is 495 g/mol. The van der Waals surface area contributed by atoms with Crippen molar-refractivity contribution < 1.29 is 14.7 Å². The molecule has 0 unspecified atom stereocenters. The molecule has 7 heteroatoms. The Labute approximate surface area is 208 Å². The summed E-state index contributed by atoms with van der Waals surface area (Å²) in [7, 11) is 0. The Morgan fingerprint density at radius 1 is 1.12 bits per heavy atom. The maximum atomic E-state index is 13.4. The molecule has 0 saturated carbocycles. The first-order valence-electron chi connectivity index (χ1n) is 11.2. The first-order chi connectivity index (χ1) is 16.1. The molecule has 0 bridgehead atoms. The van der Waals surface area contributed by atoms with Crippen LogP contribution in [0.5, 0.6) is 0 Å². The van der Waals surface area contributed by atoms with Gasteiger partial charge in [0.2, 0.25) is 0 Å². The molecule has 0 saturated heterocycles. The van der Waals surface area contributed by atoms with Crippen LogP contribution in [0.2, 0.25) is 5.02 Å². The van der Waals surface area contributed by atoms with Crippen molar-refractivity contribution >= 4 is 51.7 Å². The van der Waals surface area contributed by atoms with Crippen LogP contribution in [0, 0.1) is 11.3 Å². The summed E-state index contributed by atoms with van der Waals surface area (Å²) in [5, 5.41) is 13.4. The molecular weight excluding hydrogens is 468 g/mol. The topological polar surface area (TPSA) is 78.8 Å². The van der Waals surface area contributed by atoms with Crippen LogP contribution in [0.15, 0.2) is 53.5 Å². The van der Waals surface area contributed by atoms with Gasteiger partial charge in [0.15, 0.2) is 0 Å². The van der Waals surface area contributed by atoms with E-state index in [1.54, 1.807) is 66.1 Å². The highest BCUT2D eigenvalue weighted by Gasteiger charge is 2.33. The van der Waals surface area contributed by atoms with Gasteiger partial charge in [-0.15, -0.1) is 11.3 Å². The number of carbonyl (C=O) groups is 2. The van der Waals surface area contributed by atoms with Crippen LogP contribution in [0.1, 0.15) is 63.9 Å². The summed E-state index contributed by atoms with van der Waals surface area (Å²) in [5.74, 6) is -0.599. The number of halogens is 1.